The van der Waals surface area contributed by atoms with Crippen molar-refractivity contribution in [3.8, 4) is 0 Å². The lowest BCUT2D eigenvalue weighted by Gasteiger charge is -2.10. The second-order valence-electron chi connectivity index (χ2n) is 2.80. The zero-order chi connectivity index (χ0) is 10.4. The maximum absolute atomic E-state index is 4.12. The van der Waals surface area contributed by atoms with Crippen molar-refractivity contribution in [3.05, 3.63) is 28.7 Å². The van der Waals surface area contributed by atoms with Gasteiger partial charge in [0.25, 0.3) is 0 Å². The van der Waals surface area contributed by atoms with Gasteiger partial charge in [-0.25, -0.2) is 0 Å². The fourth-order valence-corrected chi connectivity index (χ4v) is 1.24. The van der Waals surface area contributed by atoms with Crippen LogP contribution in [0.4, 0.5) is 5.69 Å². The van der Waals surface area contributed by atoms with Crippen LogP contribution in [0.3, 0.4) is 0 Å². The van der Waals surface area contributed by atoms with Gasteiger partial charge in [-0.05, 0) is 38.1 Å². The van der Waals surface area contributed by atoms with Crippen molar-refractivity contribution in [1.82, 2.24) is 5.01 Å². The highest BCUT2D eigenvalue weighted by molar-refractivity contribution is 9.10. The van der Waals surface area contributed by atoms with E-state index < -0.39 is 0 Å². The molecule has 14 heavy (non-hydrogen) atoms. The molecule has 76 valence electrons. The number of benzene rings is 1. The SMILES string of the molecule is CCN(CC)N=Nc1ccc(Br)cc1. The molecule has 0 saturated heterocycles. The summed E-state index contributed by atoms with van der Waals surface area (Å²) in [5.74, 6) is 0. The van der Waals surface area contributed by atoms with Crippen LogP contribution in [-0.2, 0) is 0 Å². The lowest BCUT2D eigenvalue weighted by atomic mass is 10.3. The van der Waals surface area contributed by atoms with Crippen LogP contribution in [-0.4, -0.2) is 18.1 Å². The number of nitrogens with zero attached hydrogens (tertiary/aromatic N) is 3. The summed E-state index contributed by atoms with van der Waals surface area (Å²) in [6, 6.07) is 7.77. The highest BCUT2D eigenvalue weighted by Gasteiger charge is 1.93. The molecular weight excluding hydrogens is 242 g/mol. The lowest BCUT2D eigenvalue weighted by Crippen LogP contribution is -2.14. The van der Waals surface area contributed by atoms with E-state index in [0.29, 0.717) is 0 Å². The molecule has 0 spiro atoms. The van der Waals surface area contributed by atoms with Gasteiger partial charge in [0.1, 0.15) is 0 Å². The van der Waals surface area contributed by atoms with Crippen molar-refractivity contribution in [2.75, 3.05) is 13.1 Å². The summed E-state index contributed by atoms with van der Waals surface area (Å²) < 4.78 is 1.05. The van der Waals surface area contributed by atoms with E-state index in [4.69, 9.17) is 0 Å². The summed E-state index contributed by atoms with van der Waals surface area (Å²) in [7, 11) is 0. The molecule has 1 aromatic rings. The third-order valence-electron chi connectivity index (χ3n) is 1.84. The van der Waals surface area contributed by atoms with Crippen molar-refractivity contribution in [2.45, 2.75) is 13.8 Å². The Balaban J connectivity index is 2.63. The van der Waals surface area contributed by atoms with Crippen LogP contribution in [0.1, 0.15) is 13.8 Å². The van der Waals surface area contributed by atoms with E-state index in [0.717, 1.165) is 23.2 Å². The predicted octanol–water partition coefficient (Wildman–Crippen LogP) is 3.79. The van der Waals surface area contributed by atoms with Crippen LogP contribution < -0.4 is 0 Å². The number of hydrogen-bond acceptors (Lipinski definition) is 2. The van der Waals surface area contributed by atoms with Gasteiger partial charge >= 0.3 is 0 Å². The third kappa shape index (κ3) is 3.46. The fourth-order valence-electron chi connectivity index (χ4n) is 0.973. The van der Waals surface area contributed by atoms with Gasteiger partial charge in [0.05, 0.1) is 5.69 Å². The molecule has 0 N–H and O–H groups in total. The Bertz CT molecular complexity index is 291. The van der Waals surface area contributed by atoms with Gasteiger partial charge < -0.3 is 0 Å². The van der Waals surface area contributed by atoms with Crippen molar-refractivity contribution in [3.63, 3.8) is 0 Å². The number of halogens is 1. The summed E-state index contributed by atoms with van der Waals surface area (Å²) in [5.41, 5.74) is 0.875. The van der Waals surface area contributed by atoms with Gasteiger partial charge in [-0.1, -0.05) is 21.2 Å². The molecule has 0 atom stereocenters. The normalized spacial score (nSPS) is 10.8. The molecule has 0 saturated carbocycles. The van der Waals surface area contributed by atoms with Gasteiger partial charge in [0, 0.05) is 17.6 Å². The zero-order valence-electron chi connectivity index (χ0n) is 8.44. The molecule has 0 aliphatic rings. The van der Waals surface area contributed by atoms with E-state index in [1.54, 1.807) is 0 Å². The van der Waals surface area contributed by atoms with Crippen molar-refractivity contribution in [2.24, 2.45) is 10.3 Å². The minimum atomic E-state index is 0.875. The summed E-state index contributed by atoms with van der Waals surface area (Å²) in [6.07, 6.45) is 0. The minimum absolute atomic E-state index is 0.875. The van der Waals surface area contributed by atoms with E-state index >= 15 is 0 Å². The Labute approximate surface area is 92.9 Å². The molecule has 3 nitrogen and oxygen atoms in total. The standard InChI is InChI=1S/C10H14BrN3/c1-3-14(4-2)13-12-10-7-5-9(11)6-8-10/h5-8H,3-4H2,1-2H3. The third-order valence-corrected chi connectivity index (χ3v) is 2.37. The van der Waals surface area contributed by atoms with Gasteiger partial charge in [-0.15, -0.1) is 5.11 Å². The maximum atomic E-state index is 4.12. The Morgan fingerprint density at radius 2 is 1.71 bits per heavy atom. The molecule has 1 rings (SSSR count). The maximum Gasteiger partial charge on any atom is 0.0875 e. The van der Waals surface area contributed by atoms with E-state index in [-0.39, 0.29) is 0 Å². The second-order valence-corrected chi connectivity index (χ2v) is 3.72. The molecule has 0 bridgehead atoms. The number of hydrogen-bond donors (Lipinski definition) is 0. The van der Waals surface area contributed by atoms with E-state index in [1.165, 1.54) is 0 Å². The summed E-state index contributed by atoms with van der Waals surface area (Å²) in [4.78, 5) is 0. The predicted molar refractivity (Wildman–Crippen MR) is 61.6 cm³/mol. The van der Waals surface area contributed by atoms with Crippen LogP contribution in [0, 0.1) is 0 Å². The van der Waals surface area contributed by atoms with Crippen LogP contribution in [0.25, 0.3) is 0 Å². The molecule has 0 radical (unpaired) electrons. The topological polar surface area (TPSA) is 28.0 Å². The first-order valence-electron chi connectivity index (χ1n) is 4.68. The minimum Gasteiger partial charge on any atom is -0.279 e. The molecule has 0 aliphatic heterocycles. The van der Waals surface area contributed by atoms with Gasteiger partial charge in [0.2, 0.25) is 0 Å². The van der Waals surface area contributed by atoms with Crippen molar-refractivity contribution < 1.29 is 0 Å². The average molecular weight is 256 g/mol. The molecule has 4 heteroatoms. The average Bonchev–Trinajstić information content (AvgIpc) is 2.22. The Hall–Kier alpha value is -0.900. The first-order valence-corrected chi connectivity index (χ1v) is 5.47. The van der Waals surface area contributed by atoms with Crippen LogP contribution in [0.2, 0.25) is 0 Å². The molecule has 0 aliphatic carbocycles. The zero-order valence-corrected chi connectivity index (χ0v) is 10.0. The smallest absolute Gasteiger partial charge is 0.0875 e. The lowest BCUT2D eigenvalue weighted by molar-refractivity contribution is 0.301. The summed E-state index contributed by atoms with van der Waals surface area (Å²) >= 11 is 3.37. The van der Waals surface area contributed by atoms with E-state index in [2.05, 4.69) is 40.1 Å². The first kappa shape index (κ1) is 11.2. The molecule has 0 unspecified atom stereocenters. The fraction of sp³-hybridized carbons (Fsp3) is 0.400. The Morgan fingerprint density at radius 3 is 2.21 bits per heavy atom. The van der Waals surface area contributed by atoms with E-state index in [9.17, 15) is 0 Å². The quantitative estimate of drug-likeness (QED) is 0.595. The van der Waals surface area contributed by atoms with Crippen LogP contribution >= 0.6 is 15.9 Å². The molecule has 1 aromatic carbocycles. The molecular formula is C10H14BrN3. The first-order chi connectivity index (χ1) is 6.76. The largest absolute Gasteiger partial charge is 0.279 e. The monoisotopic (exact) mass is 255 g/mol. The molecule has 0 fully saturated rings. The molecule has 0 heterocycles. The van der Waals surface area contributed by atoms with Crippen molar-refractivity contribution >= 4 is 21.6 Å². The van der Waals surface area contributed by atoms with Gasteiger partial charge in [0.15, 0.2) is 0 Å². The van der Waals surface area contributed by atoms with Crippen molar-refractivity contribution in [1.29, 1.82) is 0 Å². The summed E-state index contributed by atoms with van der Waals surface area (Å²) in [6.45, 7) is 5.89. The molecule has 0 aromatic heterocycles. The highest BCUT2D eigenvalue weighted by atomic mass is 79.9. The Kier molecular flexibility index (Phi) is 4.59. The van der Waals surface area contributed by atoms with Crippen LogP contribution in [0.15, 0.2) is 39.1 Å². The summed E-state index contributed by atoms with van der Waals surface area (Å²) in [5, 5.41) is 10.1. The van der Waals surface area contributed by atoms with Crippen LogP contribution in [0.5, 0.6) is 0 Å². The van der Waals surface area contributed by atoms with Gasteiger partial charge in [-0.3, -0.25) is 5.01 Å². The van der Waals surface area contributed by atoms with Gasteiger partial charge in [-0.2, -0.15) is 0 Å². The highest BCUT2D eigenvalue weighted by Crippen LogP contribution is 2.17. The second kappa shape index (κ2) is 5.75. The molecule has 0 amide bonds. The Morgan fingerprint density at radius 1 is 1.14 bits per heavy atom. The number of rotatable bonds is 4. The van der Waals surface area contributed by atoms with E-state index in [1.807, 2.05) is 29.3 Å².